The van der Waals surface area contributed by atoms with Crippen LogP contribution in [0.5, 0.6) is 5.75 Å². The van der Waals surface area contributed by atoms with E-state index in [-0.39, 0.29) is 16.8 Å². The lowest BCUT2D eigenvalue weighted by Crippen LogP contribution is -2.31. The number of hydrogen-bond acceptors (Lipinski definition) is 7. The van der Waals surface area contributed by atoms with Crippen LogP contribution in [-0.4, -0.2) is 46.0 Å². The summed E-state index contributed by atoms with van der Waals surface area (Å²) >= 11 is 1.38. The van der Waals surface area contributed by atoms with Gasteiger partial charge in [0.05, 0.1) is 13.2 Å². The van der Waals surface area contributed by atoms with Crippen molar-refractivity contribution in [2.75, 3.05) is 32.1 Å². The molecule has 4 rings (SSSR count). The maximum atomic E-state index is 11.5. The molecule has 27 heavy (non-hydrogen) atoms. The van der Waals surface area contributed by atoms with Crippen molar-refractivity contribution in [1.29, 1.82) is 0 Å². The minimum absolute atomic E-state index is 0.0218. The Kier molecular flexibility index (Phi) is 4.95. The first kappa shape index (κ1) is 17.7. The third-order valence-corrected chi connectivity index (χ3v) is 5.71. The van der Waals surface area contributed by atoms with E-state index in [1.54, 1.807) is 18.7 Å². The van der Waals surface area contributed by atoms with Gasteiger partial charge in [-0.25, -0.2) is 0 Å². The maximum Gasteiger partial charge on any atom is 0.372 e. The maximum absolute atomic E-state index is 11.5. The zero-order chi connectivity index (χ0) is 18.8. The molecule has 3 aromatic rings. The average molecular weight is 387 g/mol. The molecule has 0 aliphatic carbocycles. The standard InChI is InChI=1S/C18H21N5O3S/c1-26-15-7-3-2-6-13(15)14(21-8-4-5-9-21)12-19-16-17(23(24)25)22-10-11-27-18(22)20-16/h2-3,6-7,10-11,14,19H,4-5,8-9,12H2,1H3. The molecule has 0 bridgehead atoms. The Bertz CT molecular complexity index is 948. The molecule has 3 heterocycles. The van der Waals surface area contributed by atoms with E-state index in [0.717, 1.165) is 37.2 Å². The highest BCUT2D eigenvalue weighted by molar-refractivity contribution is 7.15. The van der Waals surface area contributed by atoms with Crippen molar-refractivity contribution in [3.63, 3.8) is 0 Å². The molecular formula is C18H21N5O3S. The van der Waals surface area contributed by atoms with E-state index in [4.69, 9.17) is 4.74 Å². The van der Waals surface area contributed by atoms with E-state index in [9.17, 15) is 10.1 Å². The SMILES string of the molecule is COc1ccccc1C(CNc1nc2sccn2c1[N+](=O)[O-])N1CCCC1. The summed E-state index contributed by atoms with van der Waals surface area (Å²) in [5.41, 5.74) is 1.08. The van der Waals surface area contributed by atoms with Crippen molar-refractivity contribution in [2.45, 2.75) is 18.9 Å². The molecule has 1 atom stereocenters. The Balaban J connectivity index is 1.64. The predicted molar refractivity (Wildman–Crippen MR) is 105 cm³/mol. The Morgan fingerprint density at radius 1 is 1.37 bits per heavy atom. The van der Waals surface area contributed by atoms with Crippen molar-refractivity contribution < 1.29 is 9.66 Å². The van der Waals surface area contributed by atoms with Crippen LogP contribution in [-0.2, 0) is 0 Å². The molecule has 0 spiro atoms. The molecule has 1 fully saturated rings. The van der Waals surface area contributed by atoms with Crippen LogP contribution in [0.1, 0.15) is 24.4 Å². The van der Waals surface area contributed by atoms with Crippen molar-refractivity contribution in [3.05, 3.63) is 51.5 Å². The van der Waals surface area contributed by atoms with Crippen LogP contribution in [0.25, 0.3) is 4.96 Å². The number of para-hydroxylation sites is 1. The molecule has 0 radical (unpaired) electrons. The summed E-state index contributed by atoms with van der Waals surface area (Å²) in [5, 5.41) is 16.6. The lowest BCUT2D eigenvalue weighted by Gasteiger charge is -2.29. The van der Waals surface area contributed by atoms with Crippen molar-refractivity contribution in [2.24, 2.45) is 0 Å². The zero-order valence-electron chi connectivity index (χ0n) is 15.0. The number of anilines is 1. The van der Waals surface area contributed by atoms with Crippen LogP contribution in [0.4, 0.5) is 11.6 Å². The summed E-state index contributed by atoms with van der Waals surface area (Å²) in [5.74, 6) is 1.12. The fourth-order valence-corrected chi connectivity index (χ4v) is 4.40. The highest BCUT2D eigenvalue weighted by Crippen LogP contribution is 2.33. The molecule has 8 nitrogen and oxygen atoms in total. The molecule has 1 unspecified atom stereocenters. The van der Waals surface area contributed by atoms with Gasteiger partial charge in [-0.2, -0.15) is 9.38 Å². The summed E-state index contributed by atoms with van der Waals surface area (Å²) in [6.07, 6.45) is 3.99. The fourth-order valence-electron chi connectivity index (χ4n) is 3.69. The van der Waals surface area contributed by atoms with E-state index in [2.05, 4.69) is 21.3 Å². The lowest BCUT2D eigenvalue weighted by molar-refractivity contribution is -0.389. The van der Waals surface area contributed by atoms with Crippen LogP contribution in [0, 0.1) is 10.1 Å². The van der Waals surface area contributed by atoms with Crippen molar-refractivity contribution >= 4 is 27.9 Å². The van der Waals surface area contributed by atoms with Gasteiger partial charge in [0.25, 0.3) is 4.96 Å². The number of ether oxygens (including phenoxy) is 1. The van der Waals surface area contributed by atoms with E-state index < -0.39 is 0 Å². The van der Waals surface area contributed by atoms with E-state index >= 15 is 0 Å². The zero-order valence-corrected chi connectivity index (χ0v) is 15.8. The van der Waals surface area contributed by atoms with Gasteiger partial charge >= 0.3 is 5.82 Å². The van der Waals surface area contributed by atoms with Crippen molar-refractivity contribution in [3.8, 4) is 5.75 Å². The second-order valence-corrected chi connectivity index (χ2v) is 7.35. The highest BCUT2D eigenvalue weighted by Gasteiger charge is 2.28. The monoisotopic (exact) mass is 387 g/mol. The number of likely N-dealkylation sites (tertiary alicyclic amines) is 1. The number of fused-ring (bicyclic) bond motifs is 1. The summed E-state index contributed by atoms with van der Waals surface area (Å²) in [4.78, 5) is 18.6. The van der Waals surface area contributed by atoms with E-state index in [1.165, 1.54) is 15.7 Å². The molecule has 1 aromatic carbocycles. The number of nitrogens with one attached hydrogen (secondary N) is 1. The Morgan fingerprint density at radius 3 is 2.89 bits per heavy atom. The molecular weight excluding hydrogens is 366 g/mol. The van der Waals surface area contributed by atoms with Gasteiger partial charge in [0, 0.05) is 17.5 Å². The number of nitro groups is 1. The van der Waals surface area contributed by atoms with Gasteiger partial charge < -0.3 is 20.2 Å². The number of hydrogen-bond donors (Lipinski definition) is 1. The van der Waals surface area contributed by atoms with Gasteiger partial charge in [-0.1, -0.05) is 29.5 Å². The van der Waals surface area contributed by atoms with Crippen LogP contribution >= 0.6 is 11.3 Å². The second kappa shape index (κ2) is 7.53. The normalized spacial score (nSPS) is 15.9. The van der Waals surface area contributed by atoms with Gasteiger partial charge in [0.1, 0.15) is 11.9 Å². The second-order valence-electron chi connectivity index (χ2n) is 6.48. The third kappa shape index (κ3) is 3.35. The number of benzene rings is 1. The number of thiazole rings is 1. The number of imidazole rings is 1. The molecule has 9 heteroatoms. The topological polar surface area (TPSA) is 84.9 Å². The number of methoxy groups -OCH3 is 1. The largest absolute Gasteiger partial charge is 0.496 e. The van der Waals surface area contributed by atoms with Crippen LogP contribution in [0.2, 0.25) is 0 Å². The number of aromatic nitrogens is 2. The molecule has 1 aliphatic rings. The van der Waals surface area contributed by atoms with Crippen LogP contribution in [0.15, 0.2) is 35.8 Å². The average Bonchev–Trinajstić information content (AvgIpc) is 3.39. The summed E-state index contributed by atoms with van der Waals surface area (Å²) in [6, 6.07) is 8.01. The van der Waals surface area contributed by atoms with Gasteiger partial charge in [0.2, 0.25) is 5.82 Å². The summed E-state index contributed by atoms with van der Waals surface area (Å²) in [6.45, 7) is 2.53. The fraction of sp³-hybridized carbons (Fsp3) is 0.389. The molecule has 0 amide bonds. The third-order valence-electron chi connectivity index (χ3n) is 4.95. The minimum atomic E-state index is -0.386. The van der Waals surface area contributed by atoms with Crippen molar-refractivity contribution in [1.82, 2.24) is 14.3 Å². The Hall–Kier alpha value is -2.65. The first-order valence-electron chi connectivity index (χ1n) is 8.90. The number of rotatable bonds is 7. The minimum Gasteiger partial charge on any atom is -0.496 e. The first-order valence-corrected chi connectivity index (χ1v) is 9.78. The predicted octanol–water partition coefficient (Wildman–Crippen LogP) is 3.56. The lowest BCUT2D eigenvalue weighted by atomic mass is 10.0. The first-order chi connectivity index (χ1) is 13.2. The van der Waals surface area contributed by atoms with Gasteiger partial charge in [-0.3, -0.25) is 4.90 Å². The summed E-state index contributed by atoms with van der Waals surface area (Å²) < 4.78 is 7.07. The molecule has 2 aromatic heterocycles. The van der Waals surface area contributed by atoms with Gasteiger partial charge in [-0.15, -0.1) is 0 Å². The van der Waals surface area contributed by atoms with Crippen LogP contribution < -0.4 is 10.1 Å². The number of nitrogens with zero attached hydrogens (tertiary/aromatic N) is 4. The molecule has 0 saturated carbocycles. The molecule has 142 valence electrons. The molecule has 1 aliphatic heterocycles. The van der Waals surface area contributed by atoms with Gasteiger partial charge in [0.15, 0.2) is 0 Å². The molecule has 1 saturated heterocycles. The smallest absolute Gasteiger partial charge is 0.372 e. The summed E-state index contributed by atoms with van der Waals surface area (Å²) in [7, 11) is 1.67. The van der Waals surface area contributed by atoms with E-state index in [0.29, 0.717) is 17.3 Å². The van der Waals surface area contributed by atoms with E-state index in [1.807, 2.05) is 18.2 Å². The quantitative estimate of drug-likeness (QED) is 0.493. The van der Waals surface area contributed by atoms with Gasteiger partial charge in [-0.05, 0) is 36.9 Å². The highest BCUT2D eigenvalue weighted by atomic mass is 32.1. The van der Waals surface area contributed by atoms with Crippen LogP contribution in [0.3, 0.4) is 0 Å². The molecule has 1 N–H and O–H groups in total. The Morgan fingerprint density at radius 2 is 2.15 bits per heavy atom. The Labute approximate surface area is 160 Å².